The summed E-state index contributed by atoms with van der Waals surface area (Å²) in [4.78, 5) is 0. The van der Waals surface area contributed by atoms with E-state index >= 15 is 0 Å². The highest BCUT2D eigenvalue weighted by molar-refractivity contribution is 5.43. The second-order valence-corrected chi connectivity index (χ2v) is 3.60. The third kappa shape index (κ3) is 3.12. The van der Waals surface area contributed by atoms with E-state index < -0.39 is 0 Å². The Kier molecular flexibility index (Phi) is 5.08. The molecule has 0 aliphatic rings. The molecule has 90 valence electrons. The zero-order valence-electron chi connectivity index (χ0n) is 9.90. The van der Waals surface area contributed by atoms with Crippen LogP contribution in [0.25, 0.3) is 0 Å². The summed E-state index contributed by atoms with van der Waals surface area (Å²) in [7, 11) is 1.62. The first-order chi connectivity index (χ1) is 7.72. The van der Waals surface area contributed by atoms with Crippen molar-refractivity contribution in [1.82, 2.24) is 0 Å². The van der Waals surface area contributed by atoms with E-state index in [1.807, 2.05) is 18.2 Å². The van der Waals surface area contributed by atoms with Crippen LogP contribution in [0.5, 0.6) is 11.5 Å². The van der Waals surface area contributed by atoms with Crippen LogP contribution in [0.15, 0.2) is 18.2 Å². The van der Waals surface area contributed by atoms with E-state index in [0.29, 0.717) is 18.9 Å². The summed E-state index contributed by atoms with van der Waals surface area (Å²) in [5.74, 6) is 1.45. The van der Waals surface area contributed by atoms with Crippen molar-refractivity contribution < 1.29 is 9.47 Å². The highest BCUT2D eigenvalue weighted by Gasteiger charge is 2.09. The molecule has 4 heteroatoms. The molecule has 0 aliphatic carbocycles. The maximum Gasteiger partial charge on any atom is 0.161 e. The number of ether oxygens (including phenoxy) is 2. The fourth-order valence-corrected chi connectivity index (χ4v) is 1.38. The summed E-state index contributed by atoms with van der Waals surface area (Å²) in [5.41, 5.74) is 12.3. The molecule has 0 aromatic heterocycles. The lowest BCUT2D eigenvalue weighted by Gasteiger charge is -2.14. The van der Waals surface area contributed by atoms with Gasteiger partial charge in [-0.15, -0.1) is 0 Å². The first kappa shape index (κ1) is 12.8. The molecular formula is C12H20N2O2. The average molecular weight is 224 g/mol. The van der Waals surface area contributed by atoms with Crippen molar-refractivity contribution in [2.24, 2.45) is 11.5 Å². The van der Waals surface area contributed by atoms with Gasteiger partial charge in [0.05, 0.1) is 13.7 Å². The molecular weight excluding hydrogens is 204 g/mol. The average Bonchev–Trinajstić information content (AvgIpc) is 2.35. The molecule has 0 spiro atoms. The smallest absolute Gasteiger partial charge is 0.161 e. The quantitative estimate of drug-likeness (QED) is 0.767. The maximum atomic E-state index is 5.85. The molecule has 1 rings (SSSR count). The van der Waals surface area contributed by atoms with Gasteiger partial charge in [0.1, 0.15) is 0 Å². The number of hydrogen-bond donors (Lipinski definition) is 2. The van der Waals surface area contributed by atoms with Crippen molar-refractivity contribution >= 4 is 0 Å². The predicted molar refractivity (Wildman–Crippen MR) is 64.8 cm³/mol. The van der Waals surface area contributed by atoms with Gasteiger partial charge in [-0.1, -0.05) is 13.0 Å². The van der Waals surface area contributed by atoms with Crippen LogP contribution < -0.4 is 20.9 Å². The largest absolute Gasteiger partial charge is 0.493 e. The van der Waals surface area contributed by atoms with Crippen molar-refractivity contribution in [3.63, 3.8) is 0 Å². The van der Waals surface area contributed by atoms with Gasteiger partial charge >= 0.3 is 0 Å². The summed E-state index contributed by atoms with van der Waals surface area (Å²) < 4.78 is 10.8. The zero-order chi connectivity index (χ0) is 12.0. The van der Waals surface area contributed by atoms with E-state index in [9.17, 15) is 0 Å². The van der Waals surface area contributed by atoms with Gasteiger partial charge in [-0.05, 0) is 24.1 Å². The molecule has 0 amide bonds. The molecule has 0 aliphatic heterocycles. The number of benzene rings is 1. The van der Waals surface area contributed by atoms with Crippen molar-refractivity contribution in [3.8, 4) is 11.5 Å². The van der Waals surface area contributed by atoms with Gasteiger partial charge in [0, 0.05) is 12.6 Å². The zero-order valence-corrected chi connectivity index (χ0v) is 9.90. The van der Waals surface area contributed by atoms with Crippen molar-refractivity contribution in [2.45, 2.75) is 19.4 Å². The SMILES string of the molecule is CCCOc1ccc([C@@H](N)CN)cc1OC. The number of hydrogen-bond acceptors (Lipinski definition) is 4. The highest BCUT2D eigenvalue weighted by atomic mass is 16.5. The Bertz CT molecular complexity index is 329. The van der Waals surface area contributed by atoms with Gasteiger partial charge in [0.2, 0.25) is 0 Å². The van der Waals surface area contributed by atoms with Gasteiger partial charge < -0.3 is 20.9 Å². The van der Waals surface area contributed by atoms with Gasteiger partial charge in [-0.3, -0.25) is 0 Å². The fourth-order valence-electron chi connectivity index (χ4n) is 1.38. The minimum atomic E-state index is -0.158. The van der Waals surface area contributed by atoms with E-state index in [2.05, 4.69) is 6.92 Å². The Balaban J connectivity index is 2.88. The number of methoxy groups -OCH3 is 1. The van der Waals surface area contributed by atoms with E-state index in [1.54, 1.807) is 7.11 Å². The molecule has 1 aromatic carbocycles. The molecule has 0 bridgehead atoms. The first-order valence-corrected chi connectivity index (χ1v) is 5.49. The van der Waals surface area contributed by atoms with Crippen LogP contribution in [0.2, 0.25) is 0 Å². The third-order valence-corrected chi connectivity index (χ3v) is 2.33. The van der Waals surface area contributed by atoms with E-state index in [-0.39, 0.29) is 6.04 Å². The Morgan fingerprint density at radius 2 is 2.06 bits per heavy atom. The molecule has 0 unspecified atom stereocenters. The summed E-state index contributed by atoms with van der Waals surface area (Å²) in [6.45, 7) is 3.15. The molecule has 0 fully saturated rings. The van der Waals surface area contributed by atoms with E-state index in [1.165, 1.54) is 0 Å². The minimum absolute atomic E-state index is 0.158. The molecule has 4 N–H and O–H groups in total. The molecule has 0 saturated carbocycles. The predicted octanol–water partition coefficient (Wildman–Crippen LogP) is 1.44. The lowest BCUT2D eigenvalue weighted by atomic mass is 10.1. The molecule has 1 atom stereocenters. The second-order valence-electron chi connectivity index (χ2n) is 3.60. The second kappa shape index (κ2) is 6.35. The van der Waals surface area contributed by atoms with Crippen molar-refractivity contribution in [1.29, 1.82) is 0 Å². The van der Waals surface area contributed by atoms with Crippen LogP contribution in [-0.2, 0) is 0 Å². The van der Waals surface area contributed by atoms with Crippen molar-refractivity contribution in [2.75, 3.05) is 20.3 Å². The summed E-state index contributed by atoms with van der Waals surface area (Å²) in [6.07, 6.45) is 0.965. The van der Waals surface area contributed by atoms with E-state index in [4.69, 9.17) is 20.9 Å². The number of nitrogens with two attached hydrogens (primary N) is 2. The third-order valence-electron chi connectivity index (χ3n) is 2.33. The minimum Gasteiger partial charge on any atom is -0.493 e. The maximum absolute atomic E-state index is 5.85. The lowest BCUT2D eigenvalue weighted by molar-refractivity contribution is 0.294. The topological polar surface area (TPSA) is 70.5 Å². The first-order valence-electron chi connectivity index (χ1n) is 5.49. The van der Waals surface area contributed by atoms with Gasteiger partial charge in [-0.25, -0.2) is 0 Å². The van der Waals surface area contributed by atoms with Crippen LogP contribution in [-0.4, -0.2) is 20.3 Å². The Hall–Kier alpha value is -1.26. The molecule has 0 saturated heterocycles. The summed E-state index contributed by atoms with van der Waals surface area (Å²) in [6, 6.07) is 5.52. The standard InChI is InChI=1S/C12H20N2O2/c1-3-6-16-11-5-4-9(10(14)8-13)7-12(11)15-2/h4-5,7,10H,3,6,8,13-14H2,1-2H3/t10-/m0/s1. The molecule has 16 heavy (non-hydrogen) atoms. The summed E-state index contributed by atoms with van der Waals surface area (Å²) in [5, 5.41) is 0. The van der Waals surface area contributed by atoms with Crippen LogP contribution in [0.3, 0.4) is 0 Å². The normalized spacial score (nSPS) is 12.2. The van der Waals surface area contributed by atoms with Crippen LogP contribution >= 0.6 is 0 Å². The lowest BCUT2D eigenvalue weighted by Crippen LogP contribution is -2.20. The van der Waals surface area contributed by atoms with Gasteiger partial charge in [-0.2, -0.15) is 0 Å². The van der Waals surface area contributed by atoms with Crippen LogP contribution in [0.4, 0.5) is 0 Å². The summed E-state index contributed by atoms with van der Waals surface area (Å²) >= 11 is 0. The molecule has 1 aromatic rings. The molecule has 0 heterocycles. The Morgan fingerprint density at radius 3 is 2.62 bits per heavy atom. The van der Waals surface area contributed by atoms with Gasteiger partial charge in [0.15, 0.2) is 11.5 Å². The fraction of sp³-hybridized carbons (Fsp3) is 0.500. The Morgan fingerprint density at radius 1 is 1.31 bits per heavy atom. The van der Waals surface area contributed by atoms with Crippen molar-refractivity contribution in [3.05, 3.63) is 23.8 Å². The molecule has 0 radical (unpaired) electrons. The van der Waals surface area contributed by atoms with Crippen LogP contribution in [0, 0.1) is 0 Å². The monoisotopic (exact) mass is 224 g/mol. The molecule has 4 nitrogen and oxygen atoms in total. The number of rotatable bonds is 6. The highest BCUT2D eigenvalue weighted by Crippen LogP contribution is 2.29. The van der Waals surface area contributed by atoms with Gasteiger partial charge in [0.25, 0.3) is 0 Å². The Labute approximate surface area is 96.5 Å². The van der Waals surface area contributed by atoms with Crippen LogP contribution in [0.1, 0.15) is 24.9 Å². The van der Waals surface area contributed by atoms with E-state index in [0.717, 1.165) is 17.7 Å².